The van der Waals surface area contributed by atoms with E-state index in [1.165, 1.54) is 15.9 Å². The van der Waals surface area contributed by atoms with Crippen molar-refractivity contribution in [2.75, 3.05) is 50.0 Å². The fourth-order valence-electron chi connectivity index (χ4n) is 7.94. The number of alkyl halides is 5. The lowest BCUT2D eigenvalue weighted by atomic mass is 9.93. The number of hydrogen-bond acceptors (Lipinski definition) is 9. The minimum Gasteiger partial charge on any atom is -0.461 e. The molecule has 7 rings (SSSR count). The van der Waals surface area contributed by atoms with Gasteiger partial charge >= 0.3 is 12.2 Å². The number of fused-ring (bicyclic) bond motifs is 3. The molecule has 1 amide bonds. The first-order valence-electron chi connectivity index (χ1n) is 16.5. The van der Waals surface area contributed by atoms with Crippen molar-refractivity contribution in [1.29, 1.82) is 5.26 Å². The molecule has 4 aromatic rings. The van der Waals surface area contributed by atoms with E-state index in [0.717, 1.165) is 42.0 Å². The zero-order valence-corrected chi connectivity index (χ0v) is 28.3. The summed E-state index contributed by atoms with van der Waals surface area (Å²) in [5, 5.41) is 9.67. The summed E-state index contributed by atoms with van der Waals surface area (Å²) in [4.78, 5) is 26.3. The summed E-state index contributed by atoms with van der Waals surface area (Å²) >= 11 is 0.758. The third-order valence-electron chi connectivity index (χ3n) is 10.3. The molecule has 3 saturated heterocycles. The summed E-state index contributed by atoms with van der Waals surface area (Å²) < 4.78 is 96.3. The van der Waals surface area contributed by atoms with Gasteiger partial charge in [0.2, 0.25) is 5.91 Å². The number of halogens is 6. The number of ether oxygens (including phenoxy) is 1. The first-order chi connectivity index (χ1) is 24.3. The van der Waals surface area contributed by atoms with Crippen LogP contribution in [-0.2, 0) is 11.0 Å². The van der Waals surface area contributed by atoms with Crippen LogP contribution in [0.2, 0.25) is 0 Å². The van der Waals surface area contributed by atoms with Gasteiger partial charge in [-0.15, -0.1) is 11.3 Å². The molecule has 0 radical (unpaired) electrons. The number of thiophene rings is 1. The standard InChI is InChI=1S/C35H33F6N7O2S/c1-3-28(49)46-15-25(38)27(16-46)48(4-2)32-21-10-23(35(39,40)41)20(19-6-7-24(37)30-29(19)22(13-42)31(43)51-30)11-26(21)44-33(45-32)50-17-34-8-5-9-47(34)14-18(36)12-34/h3,6-7,10-11,18,25,27H,1,4-5,8-9,12,14-17,43H2,2H3. The van der Waals surface area contributed by atoms with Crippen LogP contribution in [0.1, 0.15) is 37.3 Å². The van der Waals surface area contributed by atoms with Gasteiger partial charge in [0.1, 0.15) is 41.7 Å². The summed E-state index contributed by atoms with van der Waals surface area (Å²) in [6.07, 6.45) is -4.73. The van der Waals surface area contributed by atoms with Crippen molar-refractivity contribution in [3.05, 3.63) is 53.9 Å². The van der Waals surface area contributed by atoms with Crippen LogP contribution >= 0.6 is 11.3 Å². The number of carbonyl (C=O) groups is 1. The van der Waals surface area contributed by atoms with Gasteiger partial charge in [0, 0.05) is 36.8 Å². The van der Waals surface area contributed by atoms with E-state index in [-0.39, 0.29) is 88.2 Å². The molecule has 2 N–H and O–H groups in total. The molecule has 3 aliphatic rings. The minimum atomic E-state index is -4.96. The van der Waals surface area contributed by atoms with Crippen molar-refractivity contribution in [2.45, 2.75) is 56.3 Å². The van der Waals surface area contributed by atoms with E-state index in [9.17, 15) is 18.8 Å². The fourth-order valence-corrected chi connectivity index (χ4v) is 8.89. The van der Waals surface area contributed by atoms with E-state index in [0.29, 0.717) is 13.0 Å². The summed E-state index contributed by atoms with van der Waals surface area (Å²) in [5.74, 6) is -1.28. The highest BCUT2D eigenvalue weighted by Crippen LogP contribution is 2.47. The Hall–Kier alpha value is -4.62. The molecular weight excluding hydrogens is 696 g/mol. The second kappa shape index (κ2) is 12.9. The Morgan fingerprint density at radius 3 is 2.73 bits per heavy atom. The van der Waals surface area contributed by atoms with Gasteiger partial charge in [0.25, 0.3) is 0 Å². The Morgan fingerprint density at radius 2 is 2.02 bits per heavy atom. The van der Waals surface area contributed by atoms with Crippen molar-refractivity contribution in [3.63, 3.8) is 0 Å². The van der Waals surface area contributed by atoms with Crippen LogP contribution in [-0.4, -0.2) is 88.9 Å². The average Bonchev–Trinajstić information content (AvgIpc) is 3.83. The molecule has 4 atom stereocenters. The lowest BCUT2D eigenvalue weighted by molar-refractivity contribution is -0.137. The van der Waals surface area contributed by atoms with E-state index < -0.39 is 53.0 Å². The number of benzene rings is 2. The van der Waals surface area contributed by atoms with Crippen LogP contribution in [0, 0.1) is 17.1 Å². The van der Waals surface area contributed by atoms with Gasteiger partial charge in [-0.25, -0.2) is 13.2 Å². The highest BCUT2D eigenvalue weighted by molar-refractivity contribution is 7.23. The molecular formula is C35H33F6N7O2S. The maximum absolute atomic E-state index is 15.7. The smallest absolute Gasteiger partial charge is 0.417 e. The first kappa shape index (κ1) is 34.8. The third-order valence-corrected chi connectivity index (χ3v) is 11.3. The topological polar surface area (TPSA) is 112 Å². The predicted molar refractivity (Wildman–Crippen MR) is 181 cm³/mol. The molecule has 3 aliphatic heterocycles. The molecule has 2 aromatic heterocycles. The second-order valence-electron chi connectivity index (χ2n) is 13.2. The Bertz CT molecular complexity index is 2100. The van der Waals surface area contributed by atoms with Crippen LogP contribution in [0.25, 0.3) is 32.1 Å². The van der Waals surface area contributed by atoms with Gasteiger partial charge in [-0.3, -0.25) is 9.69 Å². The molecule has 9 nitrogen and oxygen atoms in total. The average molecular weight is 730 g/mol. The number of nitriles is 1. The van der Waals surface area contributed by atoms with Crippen molar-refractivity contribution >= 4 is 49.1 Å². The number of nitrogens with zero attached hydrogens (tertiary/aromatic N) is 6. The molecule has 16 heteroatoms. The van der Waals surface area contributed by atoms with Gasteiger partial charge in [0.15, 0.2) is 0 Å². The number of likely N-dealkylation sites (tertiary alicyclic amines) is 1. The molecule has 0 saturated carbocycles. The van der Waals surface area contributed by atoms with Gasteiger partial charge in [-0.05, 0) is 61.7 Å². The van der Waals surface area contributed by atoms with Gasteiger partial charge in [0.05, 0.1) is 39.5 Å². The van der Waals surface area contributed by atoms with E-state index in [2.05, 4.69) is 16.5 Å². The molecule has 4 unspecified atom stereocenters. The summed E-state index contributed by atoms with van der Waals surface area (Å²) in [5.41, 5.74) is 3.64. The molecule has 2 aromatic carbocycles. The maximum Gasteiger partial charge on any atom is 0.417 e. The third kappa shape index (κ3) is 5.89. The number of amides is 1. The Labute approximate surface area is 292 Å². The lowest BCUT2D eigenvalue weighted by Gasteiger charge is -2.32. The number of nitrogen functional groups attached to an aromatic ring is 1. The first-order valence-corrected chi connectivity index (χ1v) is 17.3. The quantitative estimate of drug-likeness (QED) is 0.159. The fraction of sp³-hybridized carbons (Fsp3) is 0.429. The van der Waals surface area contributed by atoms with Crippen LogP contribution in [0.3, 0.4) is 0 Å². The van der Waals surface area contributed by atoms with E-state index >= 15 is 17.6 Å². The van der Waals surface area contributed by atoms with Crippen molar-refractivity contribution in [3.8, 4) is 23.2 Å². The van der Waals surface area contributed by atoms with Crippen LogP contribution in [0.15, 0.2) is 36.9 Å². The Kier molecular flexibility index (Phi) is 8.78. The van der Waals surface area contributed by atoms with Gasteiger partial charge < -0.3 is 20.3 Å². The van der Waals surface area contributed by atoms with Crippen LogP contribution in [0.4, 0.5) is 37.2 Å². The SMILES string of the molecule is C=CC(=O)N1CC(F)C(N(CC)c2nc(OCC34CCCN3CC(F)C4)nc3cc(-c4ccc(F)c5sc(N)c(C#N)c45)c(C(F)(F)F)cc23)C1. The highest BCUT2D eigenvalue weighted by atomic mass is 32.1. The number of anilines is 2. The summed E-state index contributed by atoms with van der Waals surface area (Å²) in [6, 6.07) is 4.92. The molecule has 268 valence electrons. The molecule has 0 bridgehead atoms. The van der Waals surface area contributed by atoms with Gasteiger partial charge in [-0.1, -0.05) is 12.6 Å². The second-order valence-corrected chi connectivity index (χ2v) is 14.2. The largest absolute Gasteiger partial charge is 0.461 e. The van der Waals surface area contributed by atoms with Crippen molar-refractivity contribution < 1.29 is 35.9 Å². The van der Waals surface area contributed by atoms with E-state index in [1.54, 1.807) is 6.92 Å². The monoisotopic (exact) mass is 729 g/mol. The minimum absolute atomic E-state index is 0.00127. The summed E-state index contributed by atoms with van der Waals surface area (Å²) in [7, 11) is 0. The number of likely N-dealkylation sites (N-methyl/N-ethyl adjacent to an activating group) is 1. The van der Waals surface area contributed by atoms with Gasteiger partial charge in [-0.2, -0.15) is 28.4 Å². The molecule has 3 fully saturated rings. The number of aromatic nitrogens is 2. The Balaban J connectivity index is 1.43. The van der Waals surface area contributed by atoms with Crippen LogP contribution in [0.5, 0.6) is 6.01 Å². The normalized spacial score (nSPS) is 23.6. The zero-order valence-electron chi connectivity index (χ0n) is 27.4. The predicted octanol–water partition coefficient (Wildman–Crippen LogP) is 6.64. The molecule has 5 heterocycles. The number of rotatable bonds is 8. The molecule has 0 aliphatic carbocycles. The van der Waals surface area contributed by atoms with Crippen molar-refractivity contribution in [1.82, 2.24) is 19.8 Å². The highest BCUT2D eigenvalue weighted by Gasteiger charge is 2.49. The lowest BCUT2D eigenvalue weighted by Crippen LogP contribution is -2.44. The summed E-state index contributed by atoms with van der Waals surface area (Å²) in [6.45, 7) is 5.91. The number of nitrogens with two attached hydrogens (primary N) is 1. The Morgan fingerprint density at radius 1 is 1.24 bits per heavy atom. The van der Waals surface area contributed by atoms with E-state index in [1.807, 2.05) is 11.0 Å². The molecule has 0 spiro atoms. The van der Waals surface area contributed by atoms with Crippen molar-refractivity contribution in [2.24, 2.45) is 0 Å². The van der Waals surface area contributed by atoms with E-state index in [4.69, 9.17) is 10.5 Å². The number of carbonyl (C=O) groups excluding carboxylic acids is 1. The van der Waals surface area contributed by atoms with Crippen LogP contribution < -0.4 is 15.4 Å². The zero-order chi connectivity index (χ0) is 36.4. The maximum atomic E-state index is 15.7. The number of hydrogen-bond donors (Lipinski definition) is 1. The molecule has 51 heavy (non-hydrogen) atoms.